The third-order valence-corrected chi connectivity index (χ3v) is 4.86. The Hall–Kier alpha value is -1.40. The van der Waals surface area contributed by atoms with Crippen LogP contribution >= 0.6 is 0 Å². The number of nitrogens with two attached hydrogens (primary N) is 1. The molecule has 102 valence electrons. The Morgan fingerprint density at radius 2 is 2.05 bits per heavy atom. The molecule has 1 aromatic carbocycles. The number of rotatable bonds is 1. The van der Waals surface area contributed by atoms with Crippen molar-refractivity contribution in [3.8, 4) is 0 Å². The average Bonchev–Trinajstić information content (AvgIpc) is 2.62. The van der Waals surface area contributed by atoms with Gasteiger partial charge in [0, 0.05) is 6.04 Å². The summed E-state index contributed by atoms with van der Waals surface area (Å²) in [6, 6.07) is 6.88. The lowest BCUT2D eigenvalue weighted by molar-refractivity contribution is 0.134. The van der Waals surface area contributed by atoms with Crippen molar-refractivity contribution in [2.24, 2.45) is 10.1 Å². The summed E-state index contributed by atoms with van der Waals surface area (Å²) in [6.07, 6.45) is 3.62. The molecule has 2 atom stereocenters. The molecule has 2 N–H and O–H groups in total. The van der Waals surface area contributed by atoms with Crippen molar-refractivity contribution < 1.29 is 13.2 Å². The maximum atomic E-state index is 11.9. The summed E-state index contributed by atoms with van der Waals surface area (Å²) in [5, 5.41) is 0. The van der Waals surface area contributed by atoms with Gasteiger partial charge in [0.1, 0.15) is 11.0 Å². The van der Waals surface area contributed by atoms with E-state index in [-0.39, 0.29) is 22.9 Å². The van der Waals surface area contributed by atoms with Crippen molar-refractivity contribution in [1.82, 2.24) is 0 Å². The van der Waals surface area contributed by atoms with Gasteiger partial charge in [-0.3, -0.25) is 0 Å². The second kappa shape index (κ2) is 4.61. The monoisotopic (exact) mass is 280 g/mol. The molecule has 1 aliphatic heterocycles. The fraction of sp³-hybridized carbons (Fsp3) is 0.462. The second-order valence-electron chi connectivity index (χ2n) is 5.03. The maximum Gasteiger partial charge on any atom is 0.286 e. The number of fused-ring (bicyclic) bond motifs is 1. The molecule has 1 aromatic rings. The standard InChI is InChI=1S/C13H16N2O3S/c14-9-4-3-5-10(8-9)18-13-11-6-1-2-7-12(11)19(16,17)15-13/h1-2,6-7,9-10H,3-5,8,14H2. The zero-order valence-corrected chi connectivity index (χ0v) is 11.3. The fourth-order valence-electron chi connectivity index (χ4n) is 2.61. The van der Waals surface area contributed by atoms with Gasteiger partial charge in [0.05, 0.1) is 5.56 Å². The Balaban J connectivity index is 1.86. The minimum atomic E-state index is -3.59. The van der Waals surface area contributed by atoms with Gasteiger partial charge in [-0.15, -0.1) is 4.40 Å². The first-order valence-corrected chi connectivity index (χ1v) is 7.87. The zero-order chi connectivity index (χ0) is 13.5. The normalized spacial score (nSPS) is 28.6. The van der Waals surface area contributed by atoms with E-state index in [0.717, 1.165) is 25.7 Å². The summed E-state index contributed by atoms with van der Waals surface area (Å²) in [6.45, 7) is 0. The van der Waals surface area contributed by atoms with Crippen LogP contribution in [0, 0.1) is 0 Å². The molecule has 0 bridgehead atoms. The summed E-state index contributed by atoms with van der Waals surface area (Å²) < 4.78 is 33.3. The van der Waals surface area contributed by atoms with Crippen LogP contribution in [0.2, 0.25) is 0 Å². The summed E-state index contributed by atoms with van der Waals surface area (Å²) in [4.78, 5) is 0.227. The Morgan fingerprint density at radius 1 is 1.26 bits per heavy atom. The maximum absolute atomic E-state index is 11.9. The molecule has 1 saturated carbocycles. The SMILES string of the molecule is NC1CCCC(OC2=NS(=O)(=O)c3ccccc32)C1. The highest BCUT2D eigenvalue weighted by atomic mass is 32.2. The number of hydrogen-bond acceptors (Lipinski definition) is 4. The smallest absolute Gasteiger partial charge is 0.286 e. The van der Waals surface area contributed by atoms with Crippen LogP contribution in [0.1, 0.15) is 31.2 Å². The van der Waals surface area contributed by atoms with Crippen LogP contribution in [-0.2, 0) is 14.8 Å². The lowest BCUT2D eigenvalue weighted by Gasteiger charge is -2.26. The van der Waals surface area contributed by atoms with Crippen molar-refractivity contribution in [2.75, 3.05) is 0 Å². The van der Waals surface area contributed by atoms with Crippen molar-refractivity contribution in [1.29, 1.82) is 0 Å². The molecule has 6 heteroatoms. The lowest BCUT2D eigenvalue weighted by Crippen LogP contribution is -2.33. The first-order valence-electron chi connectivity index (χ1n) is 6.43. The Labute approximate surface area is 112 Å². The third kappa shape index (κ3) is 2.37. The van der Waals surface area contributed by atoms with Crippen molar-refractivity contribution in [2.45, 2.75) is 42.7 Å². The van der Waals surface area contributed by atoms with Gasteiger partial charge in [-0.25, -0.2) is 0 Å². The van der Waals surface area contributed by atoms with E-state index in [1.807, 2.05) is 0 Å². The molecule has 0 spiro atoms. The molecular weight excluding hydrogens is 264 g/mol. The van der Waals surface area contributed by atoms with E-state index in [1.54, 1.807) is 24.3 Å². The highest BCUT2D eigenvalue weighted by Gasteiger charge is 2.32. The Kier molecular flexibility index (Phi) is 3.06. The molecule has 19 heavy (non-hydrogen) atoms. The topological polar surface area (TPSA) is 81.8 Å². The van der Waals surface area contributed by atoms with Crippen LogP contribution in [0.4, 0.5) is 0 Å². The highest BCUT2D eigenvalue weighted by Crippen LogP contribution is 2.29. The minimum Gasteiger partial charge on any atom is -0.473 e. The Morgan fingerprint density at radius 3 is 2.84 bits per heavy atom. The van der Waals surface area contributed by atoms with E-state index in [0.29, 0.717) is 5.56 Å². The summed E-state index contributed by atoms with van der Waals surface area (Å²) in [7, 11) is -3.59. The number of ether oxygens (including phenoxy) is 1. The van der Waals surface area contributed by atoms with Gasteiger partial charge in [0.25, 0.3) is 10.0 Å². The molecule has 0 aromatic heterocycles. The molecule has 0 radical (unpaired) electrons. The number of benzene rings is 1. The molecular formula is C13H16N2O3S. The van der Waals surface area contributed by atoms with E-state index >= 15 is 0 Å². The lowest BCUT2D eigenvalue weighted by atomic mass is 9.93. The predicted molar refractivity (Wildman–Crippen MR) is 71.5 cm³/mol. The van der Waals surface area contributed by atoms with Crippen molar-refractivity contribution in [3.05, 3.63) is 29.8 Å². The minimum absolute atomic E-state index is 0.0381. The summed E-state index contributed by atoms with van der Waals surface area (Å²) in [5.41, 5.74) is 6.47. The first-order chi connectivity index (χ1) is 9.06. The largest absolute Gasteiger partial charge is 0.473 e. The molecule has 1 fully saturated rings. The molecule has 0 saturated heterocycles. The van der Waals surface area contributed by atoms with Gasteiger partial charge in [0.2, 0.25) is 5.90 Å². The molecule has 1 aliphatic carbocycles. The molecule has 1 heterocycles. The van der Waals surface area contributed by atoms with Gasteiger partial charge < -0.3 is 10.5 Å². The van der Waals surface area contributed by atoms with Crippen LogP contribution in [0.5, 0.6) is 0 Å². The average molecular weight is 280 g/mol. The van der Waals surface area contributed by atoms with E-state index in [1.165, 1.54) is 0 Å². The Bertz CT molecular complexity index is 625. The third-order valence-electron chi connectivity index (χ3n) is 3.54. The van der Waals surface area contributed by atoms with E-state index in [9.17, 15) is 8.42 Å². The number of nitrogens with zero attached hydrogens (tertiary/aromatic N) is 1. The highest BCUT2D eigenvalue weighted by molar-refractivity contribution is 7.90. The predicted octanol–water partition coefficient (Wildman–Crippen LogP) is 1.42. The van der Waals surface area contributed by atoms with Crippen LogP contribution in [0.15, 0.2) is 33.6 Å². The van der Waals surface area contributed by atoms with E-state index < -0.39 is 10.0 Å². The van der Waals surface area contributed by atoms with Gasteiger partial charge in [-0.2, -0.15) is 8.42 Å². The molecule has 0 amide bonds. The quantitative estimate of drug-likeness (QED) is 0.843. The number of hydrogen-bond donors (Lipinski definition) is 1. The fourth-order valence-corrected chi connectivity index (χ4v) is 3.75. The molecule has 3 rings (SSSR count). The van der Waals surface area contributed by atoms with Crippen molar-refractivity contribution >= 4 is 15.9 Å². The van der Waals surface area contributed by atoms with E-state index in [2.05, 4.69) is 4.40 Å². The van der Waals surface area contributed by atoms with Crippen LogP contribution in [0.25, 0.3) is 0 Å². The first kappa shape index (κ1) is 12.6. The number of sulfonamides is 1. The van der Waals surface area contributed by atoms with E-state index in [4.69, 9.17) is 10.5 Å². The molecule has 2 aliphatic rings. The van der Waals surface area contributed by atoms with Crippen molar-refractivity contribution in [3.63, 3.8) is 0 Å². The van der Waals surface area contributed by atoms with Crippen LogP contribution in [0.3, 0.4) is 0 Å². The van der Waals surface area contributed by atoms with Crippen LogP contribution in [-0.4, -0.2) is 26.5 Å². The van der Waals surface area contributed by atoms with Crippen LogP contribution < -0.4 is 5.73 Å². The summed E-state index contributed by atoms with van der Waals surface area (Å²) >= 11 is 0. The zero-order valence-electron chi connectivity index (χ0n) is 10.5. The molecule has 2 unspecified atom stereocenters. The summed E-state index contributed by atoms with van der Waals surface area (Å²) in [5.74, 6) is 0.217. The molecule has 5 nitrogen and oxygen atoms in total. The van der Waals surface area contributed by atoms with Gasteiger partial charge in [-0.1, -0.05) is 12.1 Å². The van der Waals surface area contributed by atoms with Gasteiger partial charge >= 0.3 is 0 Å². The second-order valence-corrected chi connectivity index (χ2v) is 6.61. The van der Waals surface area contributed by atoms with Gasteiger partial charge in [0.15, 0.2) is 0 Å². The van der Waals surface area contributed by atoms with Gasteiger partial charge in [-0.05, 0) is 37.8 Å².